The van der Waals surface area contributed by atoms with Gasteiger partial charge < -0.3 is 14.4 Å². The molecule has 0 bridgehead atoms. The molecule has 0 unspecified atom stereocenters. The highest BCUT2D eigenvalue weighted by Crippen LogP contribution is 2.21. The summed E-state index contributed by atoms with van der Waals surface area (Å²) in [4.78, 5) is 24.1. The van der Waals surface area contributed by atoms with Crippen molar-refractivity contribution in [1.29, 1.82) is 0 Å². The maximum Gasteiger partial charge on any atom is 0.409 e. The first kappa shape index (κ1) is 12.8. The van der Waals surface area contributed by atoms with Crippen LogP contribution in [-0.4, -0.2) is 43.8 Å². The van der Waals surface area contributed by atoms with Crippen LogP contribution in [0.15, 0.2) is 0 Å². The van der Waals surface area contributed by atoms with Gasteiger partial charge in [-0.05, 0) is 25.7 Å². The van der Waals surface area contributed by atoms with Gasteiger partial charge in [-0.3, -0.25) is 4.79 Å². The van der Waals surface area contributed by atoms with Gasteiger partial charge in [-0.1, -0.05) is 0 Å². The Kier molecular flexibility index (Phi) is 5.08. The maximum atomic E-state index is 11.3. The molecule has 1 aliphatic heterocycles. The SMILES string of the molecule is CCOC(=O)CC1CCN(C(=O)OC)CC1. The summed E-state index contributed by atoms with van der Waals surface area (Å²) >= 11 is 0. The predicted molar refractivity (Wildman–Crippen MR) is 58.0 cm³/mol. The molecule has 0 N–H and O–H groups in total. The van der Waals surface area contributed by atoms with E-state index in [1.54, 1.807) is 11.8 Å². The molecular weight excluding hydrogens is 210 g/mol. The van der Waals surface area contributed by atoms with Crippen LogP contribution < -0.4 is 0 Å². The number of rotatable bonds is 3. The summed E-state index contributed by atoms with van der Waals surface area (Å²) in [5.41, 5.74) is 0. The number of piperidine rings is 1. The molecule has 5 heteroatoms. The first-order valence-corrected chi connectivity index (χ1v) is 5.65. The molecule has 0 atom stereocenters. The third-order valence-electron chi connectivity index (χ3n) is 2.81. The summed E-state index contributed by atoms with van der Waals surface area (Å²) in [6.45, 7) is 3.56. The molecule has 0 saturated carbocycles. The number of hydrogen-bond acceptors (Lipinski definition) is 4. The number of likely N-dealkylation sites (tertiary alicyclic amines) is 1. The van der Waals surface area contributed by atoms with Crippen LogP contribution >= 0.6 is 0 Å². The van der Waals surface area contributed by atoms with E-state index in [4.69, 9.17) is 4.74 Å². The van der Waals surface area contributed by atoms with E-state index in [2.05, 4.69) is 4.74 Å². The van der Waals surface area contributed by atoms with Crippen molar-refractivity contribution in [2.45, 2.75) is 26.2 Å². The van der Waals surface area contributed by atoms with Crippen molar-refractivity contribution in [3.63, 3.8) is 0 Å². The smallest absolute Gasteiger partial charge is 0.409 e. The minimum Gasteiger partial charge on any atom is -0.466 e. The van der Waals surface area contributed by atoms with Crippen LogP contribution in [0.3, 0.4) is 0 Å². The Morgan fingerprint density at radius 3 is 2.44 bits per heavy atom. The quantitative estimate of drug-likeness (QED) is 0.687. The molecule has 16 heavy (non-hydrogen) atoms. The monoisotopic (exact) mass is 229 g/mol. The molecule has 0 aromatic rings. The number of carbonyl (C=O) groups excluding carboxylic acids is 2. The van der Waals surface area contributed by atoms with Gasteiger partial charge in [-0.15, -0.1) is 0 Å². The van der Waals surface area contributed by atoms with Gasteiger partial charge in [-0.25, -0.2) is 4.79 Å². The molecule has 0 spiro atoms. The fourth-order valence-corrected chi connectivity index (χ4v) is 1.90. The van der Waals surface area contributed by atoms with Crippen LogP contribution in [0.2, 0.25) is 0 Å². The van der Waals surface area contributed by atoms with Crippen LogP contribution in [0.25, 0.3) is 0 Å². The first-order chi connectivity index (χ1) is 7.67. The molecule has 5 nitrogen and oxygen atoms in total. The van der Waals surface area contributed by atoms with E-state index >= 15 is 0 Å². The molecule has 1 saturated heterocycles. The number of methoxy groups -OCH3 is 1. The molecule has 1 fully saturated rings. The highest BCUT2D eigenvalue weighted by atomic mass is 16.5. The number of hydrogen-bond donors (Lipinski definition) is 0. The van der Waals surface area contributed by atoms with Crippen LogP contribution in [-0.2, 0) is 14.3 Å². The largest absolute Gasteiger partial charge is 0.466 e. The van der Waals surface area contributed by atoms with Crippen LogP contribution in [0, 0.1) is 5.92 Å². The summed E-state index contributed by atoms with van der Waals surface area (Å²) in [5.74, 6) is 0.193. The molecular formula is C11H19NO4. The molecule has 92 valence electrons. The maximum absolute atomic E-state index is 11.3. The summed E-state index contributed by atoms with van der Waals surface area (Å²) in [7, 11) is 1.38. The van der Waals surface area contributed by atoms with Crippen molar-refractivity contribution in [3.05, 3.63) is 0 Å². The normalized spacial score (nSPS) is 17.0. The van der Waals surface area contributed by atoms with E-state index in [9.17, 15) is 9.59 Å². The van der Waals surface area contributed by atoms with Gasteiger partial charge >= 0.3 is 12.1 Å². The number of amides is 1. The fourth-order valence-electron chi connectivity index (χ4n) is 1.90. The van der Waals surface area contributed by atoms with Gasteiger partial charge in [0.05, 0.1) is 13.7 Å². The topological polar surface area (TPSA) is 55.8 Å². The van der Waals surface area contributed by atoms with Crippen molar-refractivity contribution in [2.75, 3.05) is 26.8 Å². The van der Waals surface area contributed by atoms with Gasteiger partial charge in [0.25, 0.3) is 0 Å². The van der Waals surface area contributed by atoms with Gasteiger partial charge in [0.2, 0.25) is 0 Å². The zero-order chi connectivity index (χ0) is 12.0. The Labute approximate surface area is 95.7 Å². The second-order valence-electron chi connectivity index (χ2n) is 3.91. The lowest BCUT2D eigenvalue weighted by molar-refractivity contribution is -0.144. The summed E-state index contributed by atoms with van der Waals surface area (Å²) in [6, 6.07) is 0. The highest BCUT2D eigenvalue weighted by molar-refractivity contribution is 5.70. The summed E-state index contributed by atoms with van der Waals surface area (Å²) < 4.78 is 9.54. The third-order valence-corrected chi connectivity index (χ3v) is 2.81. The number of nitrogens with zero attached hydrogens (tertiary/aromatic N) is 1. The predicted octanol–water partition coefficient (Wildman–Crippen LogP) is 1.42. The van der Waals surface area contributed by atoms with E-state index in [0.717, 1.165) is 12.8 Å². The van der Waals surface area contributed by atoms with Crippen LogP contribution in [0.1, 0.15) is 26.2 Å². The Balaban J connectivity index is 2.26. The number of carbonyl (C=O) groups is 2. The van der Waals surface area contributed by atoms with Crippen LogP contribution in [0.4, 0.5) is 4.79 Å². The Hall–Kier alpha value is -1.26. The zero-order valence-corrected chi connectivity index (χ0v) is 9.90. The molecule has 1 heterocycles. The van der Waals surface area contributed by atoms with E-state index in [1.165, 1.54) is 7.11 Å². The Morgan fingerprint density at radius 2 is 1.94 bits per heavy atom. The highest BCUT2D eigenvalue weighted by Gasteiger charge is 2.24. The second-order valence-corrected chi connectivity index (χ2v) is 3.91. The van der Waals surface area contributed by atoms with Gasteiger partial charge in [-0.2, -0.15) is 0 Å². The van der Waals surface area contributed by atoms with Crippen LogP contribution in [0.5, 0.6) is 0 Å². The first-order valence-electron chi connectivity index (χ1n) is 5.65. The lowest BCUT2D eigenvalue weighted by atomic mass is 9.94. The van der Waals surface area contributed by atoms with E-state index in [1.807, 2.05) is 0 Å². The van der Waals surface area contributed by atoms with Crippen molar-refractivity contribution in [1.82, 2.24) is 4.90 Å². The Morgan fingerprint density at radius 1 is 1.31 bits per heavy atom. The minimum absolute atomic E-state index is 0.140. The zero-order valence-electron chi connectivity index (χ0n) is 9.90. The minimum atomic E-state index is -0.283. The average molecular weight is 229 g/mol. The summed E-state index contributed by atoms with van der Waals surface area (Å²) in [6.07, 6.45) is 1.86. The van der Waals surface area contributed by atoms with E-state index < -0.39 is 0 Å². The molecule has 0 radical (unpaired) electrons. The third kappa shape index (κ3) is 3.72. The lowest BCUT2D eigenvalue weighted by Gasteiger charge is -2.30. The molecule has 1 amide bonds. The average Bonchev–Trinajstić information content (AvgIpc) is 2.29. The summed E-state index contributed by atoms with van der Waals surface area (Å²) in [5, 5.41) is 0. The van der Waals surface area contributed by atoms with Gasteiger partial charge in [0.1, 0.15) is 0 Å². The Bertz CT molecular complexity index is 246. The fraction of sp³-hybridized carbons (Fsp3) is 0.818. The van der Waals surface area contributed by atoms with Crippen molar-refractivity contribution >= 4 is 12.1 Å². The number of esters is 1. The molecule has 1 aliphatic rings. The van der Waals surface area contributed by atoms with E-state index in [0.29, 0.717) is 32.0 Å². The number of ether oxygens (including phenoxy) is 2. The lowest BCUT2D eigenvalue weighted by Crippen LogP contribution is -2.38. The van der Waals surface area contributed by atoms with Crippen molar-refractivity contribution in [3.8, 4) is 0 Å². The molecule has 0 aliphatic carbocycles. The molecule has 1 rings (SSSR count). The molecule has 0 aromatic heterocycles. The second kappa shape index (κ2) is 6.35. The molecule has 0 aromatic carbocycles. The van der Waals surface area contributed by atoms with E-state index in [-0.39, 0.29) is 12.1 Å². The van der Waals surface area contributed by atoms with Crippen molar-refractivity contribution < 1.29 is 19.1 Å². The van der Waals surface area contributed by atoms with Gasteiger partial charge in [0.15, 0.2) is 0 Å². The van der Waals surface area contributed by atoms with Gasteiger partial charge in [0, 0.05) is 19.5 Å². The standard InChI is InChI=1S/C11H19NO4/c1-3-16-10(13)8-9-4-6-12(7-5-9)11(14)15-2/h9H,3-8H2,1-2H3. The van der Waals surface area contributed by atoms with Crippen molar-refractivity contribution in [2.24, 2.45) is 5.92 Å².